The number of ether oxygens (including phenoxy) is 3. The van der Waals surface area contributed by atoms with Crippen LogP contribution in [0.15, 0.2) is 12.1 Å². The van der Waals surface area contributed by atoms with Crippen LogP contribution in [0, 0.1) is 0 Å². The Morgan fingerprint density at radius 3 is 3.10 bits per heavy atom. The molecule has 0 aliphatic carbocycles. The molecule has 0 spiro atoms. The Labute approximate surface area is 119 Å². The van der Waals surface area contributed by atoms with Crippen LogP contribution in [-0.2, 0) is 6.54 Å². The molecular formula is C15H22N2O3. The van der Waals surface area contributed by atoms with Gasteiger partial charge in [0.05, 0.1) is 7.11 Å². The molecule has 1 N–H and O–H groups in total. The van der Waals surface area contributed by atoms with Crippen LogP contribution in [0.3, 0.4) is 0 Å². The van der Waals surface area contributed by atoms with Crippen molar-refractivity contribution in [2.75, 3.05) is 34.0 Å². The van der Waals surface area contributed by atoms with Gasteiger partial charge < -0.3 is 24.4 Å². The number of hydrogen-bond acceptors (Lipinski definition) is 5. The van der Waals surface area contributed by atoms with Crippen molar-refractivity contribution in [2.24, 2.45) is 0 Å². The molecule has 1 aromatic rings. The molecule has 0 saturated carbocycles. The average molecular weight is 278 g/mol. The number of nitrogens with zero attached hydrogens (tertiary/aromatic N) is 1. The third kappa shape index (κ3) is 2.83. The zero-order valence-corrected chi connectivity index (χ0v) is 12.1. The minimum absolute atomic E-state index is 0.274. The Morgan fingerprint density at radius 2 is 2.30 bits per heavy atom. The van der Waals surface area contributed by atoms with E-state index < -0.39 is 0 Å². The number of rotatable bonds is 4. The number of piperidine rings is 1. The molecule has 3 rings (SSSR count). The lowest BCUT2D eigenvalue weighted by Gasteiger charge is -2.30. The summed E-state index contributed by atoms with van der Waals surface area (Å²) in [4.78, 5) is 2.38. The van der Waals surface area contributed by atoms with Crippen molar-refractivity contribution in [3.8, 4) is 17.2 Å². The first-order valence-corrected chi connectivity index (χ1v) is 7.14. The molecule has 110 valence electrons. The van der Waals surface area contributed by atoms with Crippen molar-refractivity contribution in [2.45, 2.75) is 25.4 Å². The average Bonchev–Trinajstić information content (AvgIpc) is 2.92. The highest BCUT2D eigenvalue weighted by Crippen LogP contribution is 2.41. The third-order valence-corrected chi connectivity index (χ3v) is 3.94. The maximum Gasteiger partial charge on any atom is 0.231 e. The van der Waals surface area contributed by atoms with E-state index >= 15 is 0 Å². The van der Waals surface area contributed by atoms with E-state index in [1.54, 1.807) is 7.11 Å². The van der Waals surface area contributed by atoms with Gasteiger partial charge in [0.25, 0.3) is 0 Å². The summed E-state index contributed by atoms with van der Waals surface area (Å²) in [6.07, 6.45) is 2.50. The van der Waals surface area contributed by atoms with Crippen molar-refractivity contribution in [1.82, 2.24) is 10.2 Å². The fourth-order valence-corrected chi connectivity index (χ4v) is 2.88. The molecule has 0 radical (unpaired) electrons. The van der Waals surface area contributed by atoms with Crippen LogP contribution < -0.4 is 19.5 Å². The molecule has 2 aliphatic heterocycles. The summed E-state index contributed by atoms with van der Waals surface area (Å²) in [5.41, 5.74) is 1.17. The van der Waals surface area contributed by atoms with Crippen molar-refractivity contribution in [3.63, 3.8) is 0 Å². The molecule has 2 heterocycles. The van der Waals surface area contributed by atoms with Gasteiger partial charge in [0.15, 0.2) is 11.5 Å². The lowest BCUT2D eigenvalue weighted by molar-refractivity contribution is 0.171. The van der Waals surface area contributed by atoms with E-state index in [0.717, 1.165) is 24.6 Å². The Bertz CT molecular complexity index is 478. The molecule has 1 saturated heterocycles. The molecule has 20 heavy (non-hydrogen) atoms. The number of methoxy groups -OCH3 is 1. The fourth-order valence-electron chi connectivity index (χ4n) is 2.88. The fraction of sp³-hybridized carbons (Fsp3) is 0.600. The summed E-state index contributed by atoms with van der Waals surface area (Å²) in [7, 11) is 3.84. The largest absolute Gasteiger partial charge is 0.493 e. The second kappa shape index (κ2) is 5.89. The van der Waals surface area contributed by atoms with Crippen molar-refractivity contribution in [3.05, 3.63) is 17.7 Å². The molecule has 0 unspecified atom stereocenters. The van der Waals surface area contributed by atoms with Gasteiger partial charge in [-0.1, -0.05) is 0 Å². The van der Waals surface area contributed by atoms with Gasteiger partial charge >= 0.3 is 0 Å². The molecular weight excluding hydrogens is 256 g/mol. The predicted octanol–water partition coefficient (Wildman–Crippen LogP) is 1.61. The molecule has 1 atom stereocenters. The normalized spacial score (nSPS) is 22.0. The van der Waals surface area contributed by atoms with Crippen LogP contribution >= 0.6 is 0 Å². The first-order chi connectivity index (χ1) is 9.76. The van der Waals surface area contributed by atoms with E-state index in [9.17, 15) is 0 Å². The van der Waals surface area contributed by atoms with E-state index in [2.05, 4.69) is 17.3 Å². The van der Waals surface area contributed by atoms with Gasteiger partial charge in [-0.15, -0.1) is 0 Å². The smallest absolute Gasteiger partial charge is 0.231 e. The molecule has 0 bridgehead atoms. The van der Waals surface area contributed by atoms with E-state index in [0.29, 0.717) is 11.8 Å². The van der Waals surface area contributed by atoms with Crippen molar-refractivity contribution in [1.29, 1.82) is 0 Å². The highest BCUT2D eigenvalue weighted by molar-refractivity contribution is 5.55. The second-order valence-electron chi connectivity index (χ2n) is 5.51. The molecule has 5 nitrogen and oxygen atoms in total. The van der Waals surface area contributed by atoms with Gasteiger partial charge in [-0.05, 0) is 44.1 Å². The summed E-state index contributed by atoms with van der Waals surface area (Å²) in [5.74, 6) is 2.24. The number of fused-ring (bicyclic) bond motifs is 1. The quantitative estimate of drug-likeness (QED) is 0.906. The van der Waals surface area contributed by atoms with Crippen LogP contribution in [0.1, 0.15) is 18.4 Å². The van der Waals surface area contributed by atoms with E-state index in [4.69, 9.17) is 14.2 Å². The first-order valence-electron chi connectivity index (χ1n) is 7.14. The van der Waals surface area contributed by atoms with Crippen LogP contribution in [-0.4, -0.2) is 45.0 Å². The van der Waals surface area contributed by atoms with E-state index in [1.165, 1.54) is 24.9 Å². The number of likely N-dealkylation sites (tertiary alicyclic amines) is 1. The molecule has 1 aromatic carbocycles. The van der Waals surface area contributed by atoms with Crippen molar-refractivity contribution >= 4 is 0 Å². The standard InChI is InChI=1S/C15H22N2O3/c1-17-5-3-4-12(9-17)16-8-11-6-13(18-2)15-14(7-11)19-10-20-15/h6-7,12,16H,3-5,8-10H2,1-2H3/t12-/m0/s1. The van der Waals surface area contributed by atoms with Crippen LogP contribution in [0.4, 0.5) is 0 Å². The number of likely N-dealkylation sites (N-methyl/N-ethyl adjacent to an activating group) is 1. The SMILES string of the molecule is COc1cc(CN[C@H]2CCCN(C)C2)cc2c1OCO2. The predicted molar refractivity (Wildman–Crippen MR) is 76.5 cm³/mol. The van der Waals surface area contributed by atoms with Gasteiger partial charge in [-0.3, -0.25) is 0 Å². The molecule has 2 aliphatic rings. The summed E-state index contributed by atoms with van der Waals surface area (Å²) in [5, 5.41) is 3.62. The van der Waals surface area contributed by atoms with Gasteiger partial charge in [0.1, 0.15) is 0 Å². The Hall–Kier alpha value is -1.46. The van der Waals surface area contributed by atoms with Gasteiger partial charge in [0, 0.05) is 19.1 Å². The summed E-state index contributed by atoms with van der Waals surface area (Å²) in [6, 6.07) is 4.61. The summed E-state index contributed by atoms with van der Waals surface area (Å²) >= 11 is 0. The molecule has 0 amide bonds. The monoisotopic (exact) mass is 278 g/mol. The lowest BCUT2D eigenvalue weighted by atomic mass is 10.1. The maximum atomic E-state index is 5.45. The Balaban J connectivity index is 1.65. The number of nitrogens with one attached hydrogen (secondary N) is 1. The lowest BCUT2D eigenvalue weighted by Crippen LogP contribution is -2.43. The molecule has 1 fully saturated rings. The minimum atomic E-state index is 0.274. The van der Waals surface area contributed by atoms with Crippen LogP contribution in [0.25, 0.3) is 0 Å². The van der Waals surface area contributed by atoms with Gasteiger partial charge in [-0.2, -0.15) is 0 Å². The van der Waals surface area contributed by atoms with Crippen LogP contribution in [0.2, 0.25) is 0 Å². The highest BCUT2D eigenvalue weighted by Gasteiger charge is 2.21. The molecule has 0 aromatic heterocycles. The summed E-state index contributed by atoms with van der Waals surface area (Å²) in [6.45, 7) is 3.42. The number of hydrogen-bond donors (Lipinski definition) is 1. The first kappa shape index (κ1) is 13.5. The van der Waals surface area contributed by atoms with Gasteiger partial charge in [0.2, 0.25) is 12.5 Å². The van der Waals surface area contributed by atoms with Crippen LogP contribution in [0.5, 0.6) is 17.2 Å². The summed E-state index contributed by atoms with van der Waals surface area (Å²) < 4.78 is 16.2. The minimum Gasteiger partial charge on any atom is -0.493 e. The van der Waals surface area contributed by atoms with Crippen molar-refractivity contribution < 1.29 is 14.2 Å². The highest BCUT2D eigenvalue weighted by atomic mass is 16.7. The third-order valence-electron chi connectivity index (χ3n) is 3.94. The Morgan fingerprint density at radius 1 is 1.40 bits per heavy atom. The molecule has 5 heteroatoms. The zero-order valence-electron chi connectivity index (χ0n) is 12.1. The topological polar surface area (TPSA) is 43.0 Å². The number of benzene rings is 1. The van der Waals surface area contributed by atoms with E-state index in [1.807, 2.05) is 12.1 Å². The maximum absolute atomic E-state index is 5.45. The second-order valence-corrected chi connectivity index (χ2v) is 5.51. The van der Waals surface area contributed by atoms with E-state index in [-0.39, 0.29) is 6.79 Å². The zero-order chi connectivity index (χ0) is 13.9. The van der Waals surface area contributed by atoms with Gasteiger partial charge in [-0.25, -0.2) is 0 Å². The Kier molecular flexibility index (Phi) is 3.98.